The molecule has 0 heterocycles. The van der Waals surface area contributed by atoms with Crippen molar-refractivity contribution in [2.75, 3.05) is 61.0 Å². The van der Waals surface area contributed by atoms with E-state index in [1.807, 2.05) is 0 Å². The smallest absolute Gasteiger partial charge is 0.243 e. The normalized spacial score (nSPS) is 15.9. The van der Waals surface area contributed by atoms with E-state index < -0.39 is 0 Å². The van der Waals surface area contributed by atoms with Crippen LogP contribution in [-0.4, -0.2) is 88.7 Å². The van der Waals surface area contributed by atoms with E-state index in [9.17, 15) is 4.79 Å². The zero-order chi connectivity index (χ0) is 21.1. The molecule has 0 aliphatic heterocycles. The third kappa shape index (κ3) is 9.61. The van der Waals surface area contributed by atoms with Crippen LogP contribution < -0.4 is 10.6 Å². The molecule has 0 bridgehead atoms. The Kier molecular flexibility index (Phi) is 13.0. The number of likely N-dealkylation sites (N-methyl/N-ethyl adjacent to an activating group) is 2. The number of aryl methyl sites for hydroxylation is 1. The van der Waals surface area contributed by atoms with Gasteiger partial charge in [-0.25, -0.2) is 4.99 Å². The first-order valence-electron chi connectivity index (χ1n) is 10.5. The number of carbonyl (C=O) groups is 1. The number of guanidine groups is 1. The van der Waals surface area contributed by atoms with Crippen LogP contribution in [0.3, 0.4) is 0 Å². The highest BCUT2D eigenvalue weighted by molar-refractivity contribution is 14.0. The van der Waals surface area contributed by atoms with Gasteiger partial charge in [-0.05, 0) is 43.9 Å². The molecule has 1 amide bonds. The second kappa shape index (κ2) is 14.6. The minimum atomic E-state index is -0.00299. The summed E-state index contributed by atoms with van der Waals surface area (Å²) in [5, 5.41) is 6.95. The van der Waals surface area contributed by atoms with Crippen LogP contribution in [0.5, 0.6) is 0 Å². The van der Waals surface area contributed by atoms with E-state index in [1.54, 1.807) is 26.1 Å². The highest BCUT2D eigenvalue weighted by Gasteiger charge is 2.19. The van der Waals surface area contributed by atoms with E-state index in [4.69, 9.17) is 4.74 Å². The second-order valence-corrected chi connectivity index (χ2v) is 7.88. The topological polar surface area (TPSA) is 69.2 Å². The SMILES string of the molecule is COCCCN(C)CCNC(=NCC(=O)N(C)C)NC1CCc2ccccc2C1.I. The van der Waals surface area contributed by atoms with Gasteiger partial charge in [-0.1, -0.05) is 24.3 Å². The molecule has 0 saturated carbocycles. The predicted molar refractivity (Wildman–Crippen MR) is 134 cm³/mol. The molecular formula is C22H38IN5O2. The molecule has 1 unspecified atom stereocenters. The Morgan fingerprint density at radius 1 is 1.20 bits per heavy atom. The first-order valence-corrected chi connectivity index (χ1v) is 10.5. The maximum Gasteiger partial charge on any atom is 0.243 e. The molecule has 7 nitrogen and oxygen atoms in total. The molecule has 1 atom stereocenters. The number of nitrogens with one attached hydrogen (secondary N) is 2. The van der Waals surface area contributed by atoms with Crippen molar-refractivity contribution in [1.82, 2.24) is 20.4 Å². The summed E-state index contributed by atoms with van der Waals surface area (Å²) in [6, 6.07) is 8.96. The van der Waals surface area contributed by atoms with Crippen LogP contribution in [0.4, 0.5) is 0 Å². The lowest BCUT2D eigenvalue weighted by molar-refractivity contribution is -0.127. The van der Waals surface area contributed by atoms with Crippen LogP contribution in [0.25, 0.3) is 0 Å². The first kappa shape index (κ1) is 26.6. The second-order valence-electron chi connectivity index (χ2n) is 7.88. The van der Waals surface area contributed by atoms with Crippen molar-refractivity contribution in [2.45, 2.75) is 31.7 Å². The average Bonchev–Trinajstić information content (AvgIpc) is 2.71. The van der Waals surface area contributed by atoms with Gasteiger partial charge >= 0.3 is 0 Å². The van der Waals surface area contributed by atoms with Crippen molar-refractivity contribution < 1.29 is 9.53 Å². The molecule has 0 fully saturated rings. The van der Waals surface area contributed by atoms with Crippen molar-refractivity contribution in [3.63, 3.8) is 0 Å². The Hall–Kier alpha value is -1.39. The number of benzene rings is 1. The molecule has 0 saturated heterocycles. The molecule has 2 N–H and O–H groups in total. The fraction of sp³-hybridized carbons (Fsp3) is 0.636. The van der Waals surface area contributed by atoms with E-state index in [0.717, 1.165) is 57.9 Å². The number of carbonyl (C=O) groups excluding carboxylic acids is 1. The number of fused-ring (bicyclic) bond motifs is 1. The Bertz CT molecular complexity index is 669. The fourth-order valence-corrected chi connectivity index (χ4v) is 3.41. The highest BCUT2D eigenvalue weighted by Crippen LogP contribution is 2.20. The van der Waals surface area contributed by atoms with Crippen LogP contribution in [-0.2, 0) is 22.4 Å². The summed E-state index contributed by atoms with van der Waals surface area (Å²) in [6.45, 7) is 3.60. The fourth-order valence-electron chi connectivity index (χ4n) is 3.41. The molecule has 8 heteroatoms. The van der Waals surface area contributed by atoms with Gasteiger partial charge in [-0.3, -0.25) is 4.79 Å². The standard InChI is InChI=1S/C22H37N5O2.HI/c1-26(2)21(28)17-24-22(23-12-14-27(3)13-7-15-29-4)25-20-11-10-18-8-5-6-9-19(18)16-20;/h5-6,8-9,20H,7,10-17H2,1-4H3,(H2,23,24,25);1H. The number of nitrogens with zero attached hydrogens (tertiary/aromatic N) is 3. The molecule has 170 valence electrons. The zero-order valence-corrected chi connectivity index (χ0v) is 21.1. The lowest BCUT2D eigenvalue weighted by Crippen LogP contribution is -2.47. The monoisotopic (exact) mass is 531 g/mol. The van der Waals surface area contributed by atoms with Gasteiger partial charge in [0.25, 0.3) is 0 Å². The van der Waals surface area contributed by atoms with E-state index in [-0.39, 0.29) is 36.4 Å². The quantitative estimate of drug-likeness (QED) is 0.209. The van der Waals surface area contributed by atoms with Gasteiger partial charge in [0.2, 0.25) is 5.91 Å². The molecule has 2 rings (SSSR count). The summed E-state index contributed by atoms with van der Waals surface area (Å²) in [5.74, 6) is 0.714. The minimum Gasteiger partial charge on any atom is -0.385 e. The Labute approximate surface area is 198 Å². The Balaban J connectivity index is 0.00000450. The number of rotatable bonds is 10. The van der Waals surface area contributed by atoms with Crippen LogP contribution >= 0.6 is 24.0 Å². The molecule has 1 aromatic rings. The molecule has 1 aliphatic carbocycles. The molecule has 30 heavy (non-hydrogen) atoms. The van der Waals surface area contributed by atoms with E-state index in [0.29, 0.717) is 6.04 Å². The van der Waals surface area contributed by atoms with Crippen molar-refractivity contribution in [1.29, 1.82) is 0 Å². The zero-order valence-electron chi connectivity index (χ0n) is 18.8. The van der Waals surface area contributed by atoms with Crippen LogP contribution in [0.1, 0.15) is 24.0 Å². The van der Waals surface area contributed by atoms with Gasteiger partial charge in [-0.2, -0.15) is 0 Å². The van der Waals surface area contributed by atoms with Crippen molar-refractivity contribution in [2.24, 2.45) is 4.99 Å². The third-order valence-corrected chi connectivity index (χ3v) is 5.23. The van der Waals surface area contributed by atoms with Gasteiger partial charge in [0.15, 0.2) is 5.96 Å². The molecule has 0 aromatic heterocycles. The van der Waals surface area contributed by atoms with E-state index >= 15 is 0 Å². The van der Waals surface area contributed by atoms with Gasteiger partial charge in [-0.15, -0.1) is 24.0 Å². The summed E-state index contributed by atoms with van der Waals surface area (Å²) in [4.78, 5) is 20.3. The number of halogens is 1. The number of hydrogen-bond donors (Lipinski definition) is 2. The van der Waals surface area contributed by atoms with Crippen LogP contribution in [0.15, 0.2) is 29.3 Å². The molecule has 0 radical (unpaired) electrons. The molecule has 0 spiro atoms. The lowest BCUT2D eigenvalue weighted by atomic mass is 9.88. The summed E-state index contributed by atoms with van der Waals surface area (Å²) >= 11 is 0. The van der Waals surface area contributed by atoms with Crippen LogP contribution in [0.2, 0.25) is 0 Å². The van der Waals surface area contributed by atoms with Gasteiger partial charge < -0.3 is 25.2 Å². The average molecular weight is 531 g/mol. The third-order valence-electron chi connectivity index (χ3n) is 5.23. The van der Waals surface area contributed by atoms with Gasteiger partial charge in [0, 0.05) is 53.5 Å². The predicted octanol–water partition coefficient (Wildman–Crippen LogP) is 1.75. The van der Waals surface area contributed by atoms with Crippen molar-refractivity contribution >= 4 is 35.8 Å². The number of ether oxygens (including phenoxy) is 1. The first-order chi connectivity index (χ1) is 14.0. The molecular weight excluding hydrogens is 493 g/mol. The maximum atomic E-state index is 12.0. The Morgan fingerprint density at radius 2 is 1.93 bits per heavy atom. The summed E-state index contributed by atoms with van der Waals surface area (Å²) in [5.41, 5.74) is 2.84. The summed E-state index contributed by atoms with van der Waals surface area (Å²) < 4.78 is 5.11. The highest BCUT2D eigenvalue weighted by atomic mass is 127. The van der Waals surface area contributed by atoms with Crippen molar-refractivity contribution in [3.8, 4) is 0 Å². The van der Waals surface area contributed by atoms with Gasteiger partial charge in [0.05, 0.1) is 0 Å². The molecule has 1 aromatic carbocycles. The Morgan fingerprint density at radius 3 is 2.63 bits per heavy atom. The number of amides is 1. The molecule has 1 aliphatic rings. The maximum absolute atomic E-state index is 12.0. The van der Waals surface area contributed by atoms with E-state index in [1.165, 1.54) is 11.1 Å². The largest absolute Gasteiger partial charge is 0.385 e. The summed E-state index contributed by atoms with van der Waals surface area (Å²) in [7, 11) is 7.35. The van der Waals surface area contributed by atoms with E-state index in [2.05, 4.69) is 51.8 Å². The lowest BCUT2D eigenvalue weighted by Gasteiger charge is -2.27. The minimum absolute atomic E-state index is 0. The van der Waals surface area contributed by atoms with Crippen molar-refractivity contribution in [3.05, 3.63) is 35.4 Å². The number of methoxy groups -OCH3 is 1. The van der Waals surface area contributed by atoms with Gasteiger partial charge in [0.1, 0.15) is 6.54 Å². The number of aliphatic imine (C=N–C) groups is 1. The number of hydrogen-bond acceptors (Lipinski definition) is 4. The summed E-state index contributed by atoms with van der Waals surface area (Å²) in [6.07, 6.45) is 4.14. The van der Waals surface area contributed by atoms with Crippen LogP contribution in [0, 0.1) is 0 Å².